The van der Waals surface area contributed by atoms with Gasteiger partial charge in [-0.3, -0.25) is 0 Å². The number of hydrogen-bond acceptors (Lipinski definition) is 3. The molecule has 18 heavy (non-hydrogen) atoms. The molecule has 1 aromatic carbocycles. The highest BCUT2D eigenvalue weighted by atomic mass is 35.5. The highest BCUT2D eigenvalue weighted by Gasteiger charge is 2.04. The minimum Gasteiger partial charge on any atom is -0.495 e. The van der Waals surface area contributed by atoms with Crippen LogP contribution in [-0.4, -0.2) is 38.7 Å². The minimum absolute atomic E-state index is 0.494. The van der Waals surface area contributed by atoms with Crippen molar-refractivity contribution in [1.29, 1.82) is 0 Å². The van der Waals surface area contributed by atoms with E-state index in [9.17, 15) is 0 Å². The molecule has 0 aliphatic carbocycles. The van der Waals surface area contributed by atoms with Gasteiger partial charge in [-0.05, 0) is 51.7 Å². The van der Waals surface area contributed by atoms with Gasteiger partial charge in [-0.15, -0.1) is 0 Å². The second-order valence-corrected chi connectivity index (χ2v) is 5.25. The van der Waals surface area contributed by atoms with Gasteiger partial charge in [0.1, 0.15) is 5.75 Å². The normalized spacial score (nSPS) is 12.8. The second-order valence-electron chi connectivity index (χ2n) is 4.84. The molecule has 1 N–H and O–H groups in total. The largest absolute Gasteiger partial charge is 0.495 e. The number of nitrogens with zero attached hydrogens (tertiary/aromatic N) is 1. The van der Waals surface area contributed by atoms with E-state index in [1.807, 2.05) is 18.2 Å². The van der Waals surface area contributed by atoms with E-state index < -0.39 is 0 Å². The molecular weight excluding hydrogens is 248 g/mol. The topological polar surface area (TPSA) is 24.5 Å². The van der Waals surface area contributed by atoms with Crippen molar-refractivity contribution in [2.45, 2.75) is 25.9 Å². The predicted molar refractivity (Wildman–Crippen MR) is 77.5 cm³/mol. The van der Waals surface area contributed by atoms with Gasteiger partial charge in [-0.1, -0.05) is 17.7 Å². The van der Waals surface area contributed by atoms with Crippen LogP contribution in [0.2, 0.25) is 5.02 Å². The number of methoxy groups -OCH3 is 1. The molecule has 4 heteroatoms. The van der Waals surface area contributed by atoms with Crippen molar-refractivity contribution in [3.05, 3.63) is 28.8 Å². The average molecular weight is 271 g/mol. The van der Waals surface area contributed by atoms with Crippen LogP contribution >= 0.6 is 11.6 Å². The molecule has 1 rings (SSSR count). The first-order chi connectivity index (χ1) is 8.52. The maximum absolute atomic E-state index is 6.09. The average Bonchev–Trinajstić information content (AvgIpc) is 2.34. The zero-order valence-electron chi connectivity index (χ0n) is 11.7. The second kappa shape index (κ2) is 7.62. The Hall–Kier alpha value is -0.770. The van der Waals surface area contributed by atoms with Gasteiger partial charge in [-0.2, -0.15) is 0 Å². The number of rotatable bonds is 7. The molecule has 0 saturated carbocycles. The highest BCUT2D eigenvalue weighted by molar-refractivity contribution is 6.32. The fourth-order valence-electron chi connectivity index (χ4n) is 1.67. The van der Waals surface area contributed by atoms with Crippen LogP contribution in [-0.2, 0) is 6.54 Å². The summed E-state index contributed by atoms with van der Waals surface area (Å²) in [6, 6.07) is 6.39. The van der Waals surface area contributed by atoms with Crippen molar-refractivity contribution in [3.8, 4) is 5.75 Å². The van der Waals surface area contributed by atoms with E-state index >= 15 is 0 Å². The van der Waals surface area contributed by atoms with Gasteiger partial charge in [0.15, 0.2) is 0 Å². The van der Waals surface area contributed by atoms with Gasteiger partial charge in [0.2, 0.25) is 0 Å². The van der Waals surface area contributed by atoms with E-state index in [0.29, 0.717) is 11.1 Å². The molecule has 0 aromatic heterocycles. The van der Waals surface area contributed by atoms with Crippen molar-refractivity contribution < 1.29 is 4.74 Å². The molecule has 0 amide bonds. The molecule has 0 spiro atoms. The molecule has 0 fully saturated rings. The molecule has 3 nitrogen and oxygen atoms in total. The third-order valence-corrected chi connectivity index (χ3v) is 3.18. The van der Waals surface area contributed by atoms with Crippen molar-refractivity contribution >= 4 is 11.6 Å². The third kappa shape index (κ3) is 5.25. The first-order valence-corrected chi connectivity index (χ1v) is 6.61. The molecule has 0 saturated heterocycles. The number of benzene rings is 1. The Morgan fingerprint density at radius 2 is 2.11 bits per heavy atom. The van der Waals surface area contributed by atoms with E-state index in [-0.39, 0.29) is 0 Å². The summed E-state index contributed by atoms with van der Waals surface area (Å²) in [5, 5.41) is 4.16. The third-order valence-electron chi connectivity index (χ3n) is 2.88. The van der Waals surface area contributed by atoms with Crippen LogP contribution in [0.4, 0.5) is 0 Å². The highest BCUT2D eigenvalue weighted by Crippen LogP contribution is 2.24. The van der Waals surface area contributed by atoms with Gasteiger partial charge in [-0.25, -0.2) is 0 Å². The first-order valence-electron chi connectivity index (χ1n) is 6.23. The summed E-state index contributed by atoms with van der Waals surface area (Å²) in [5.41, 5.74) is 1.18. The Labute approximate surface area is 115 Å². The van der Waals surface area contributed by atoms with Gasteiger partial charge in [0.25, 0.3) is 0 Å². The Kier molecular flexibility index (Phi) is 6.47. The van der Waals surface area contributed by atoms with E-state index in [4.69, 9.17) is 16.3 Å². The molecule has 1 aromatic rings. The first kappa shape index (κ1) is 15.3. The van der Waals surface area contributed by atoms with Crippen molar-refractivity contribution in [1.82, 2.24) is 10.2 Å². The van der Waals surface area contributed by atoms with Crippen LogP contribution < -0.4 is 10.1 Å². The molecule has 0 bridgehead atoms. The lowest BCUT2D eigenvalue weighted by Gasteiger charge is -2.17. The smallest absolute Gasteiger partial charge is 0.137 e. The quantitative estimate of drug-likeness (QED) is 0.825. The Morgan fingerprint density at radius 1 is 1.39 bits per heavy atom. The number of halogens is 1. The Balaban J connectivity index is 2.41. The number of hydrogen-bond donors (Lipinski definition) is 1. The summed E-state index contributed by atoms with van der Waals surface area (Å²) in [4.78, 5) is 2.20. The fraction of sp³-hybridized carbons (Fsp3) is 0.571. The molecule has 0 aliphatic heterocycles. The van der Waals surface area contributed by atoms with Crippen LogP contribution in [0.25, 0.3) is 0 Å². The maximum atomic E-state index is 6.09. The van der Waals surface area contributed by atoms with Gasteiger partial charge in [0.05, 0.1) is 12.1 Å². The van der Waals surface area contributed by atoms with E-state index in [1.165, 1.54) is 5.56 Å². The maximum Gasteiger partial charge on any atom is 0.137 e. The van der Waals surface area contributed by atoms with Crippen LogP contribution in [0.15, 0.2) is 18.2 Å². The summed E-state index contributed by atoms with van der Waals surface area (Å²) in [6.45, 7) is 4.13. The van der Waals surface area contributed by atoms with Gasteiger partial charge >= 0.3 is 0 Å². The van der Waals surface area contributed by atoms with Crippen molar-refractivity contribution in [3.63, 3.8) is 0 Å². The molecule has 0 aliphatic rings. The van der Waals surface area contributed by atoms with E-state index in [2.05, 4.69) is 31.2 Å². The summed E-state index contributed by atoms with van der Waals surface area (Å²) in [7, 11) is 5.81. The lowest BCUT2D eigenvalue weighted by molar-refractivity contribution is 0.365. The van der Waals surface area contributed by atoms with E-state index in [0.717, 1.165) is 25.3 Å². The lowest BCUT2D eigenvalue weighted by Crippen LogP contribution is -2.29. The lowest BCUT2D eigenvalue weighted by atomic mass is 10.2. The van der Waals surface area contributed by atoms with Crippen LogP contribution in [0.5, 0.6) is 5.75 Å². The molecular formula is C14H23ClN2O. The Bertz CT molecular complexity index is 369. The molecule has 0 heterocycles. The summed E-state index contributed by atoms with van der Waals surface area (Å²) >= 11 is 6.09. The minimum atomic E-state index is 0.494. The molecule has 1 atom stereocenters. The van der Waals surface area contributed by atoms with E-state index in [1.54, 1.807) is 7.11 Å². The molecule has 1 unspecified atom stereocenters. The molecule has 0 radical (unpaired) electrons. The van der Waals surface area contributed by atoms with Crippen LogP contribution in [0, 0.1) is 0 Å². The van der Waals surface area contributed by atoms with Gasteiger partial charge < -0.3 is 15.0 Å². The standard InChI is InChI=1S/C14H23ClN2O/c1-11(7-8-17(2)3)16-10-12-5-6-14(18-4)13(15)9-12/h5-6,9,11,16H,7-8,10H2,1-4H3. The SMILES string of the molecule is COc1ccc(CNC(C)CCN(C)C)cc1Cl. The number of ether oxygens (including phenoxy) is 1. The zero-order valence-corrected chi connectivity index (χ0v) is 12.4. The zero-order chi connectivity index (χ0) is 13.5. The fourth-order valence-corrected chi connectivity index (χ4v) is 1.95. The Morgan fingerprint density at radius 3 is 2.67 bits per heavy atom. The monoisotopic (exact) mass is 270 g/mol. The van der Waals surface area contributed by atoms with Crippen LogP contribution in [0.3, 0.4) is 0 Å². The van der Waals surface area contributed by atoms with Crippen LogP contribution in [0.1, 0.15) is 18.9 Å². The molecule has 102 valence electrons. The summed E-state index contributed by atoms with van der Waals surface area (Å²) < 4.78 is 5.13. The number of nitrogens with one attached hydrogen (secondary N) is 1. The predicted octanol–water partition coefficient (Wildman–Crippen LogP) is 2.78. The van der Waals surface area contributed by atoms with Crippen molar-refractivity contribution in [2.75, 3.05) is 27.7 Å². The summed E-state index contributed by atoms with van der Waals surface area (Å²) in [6.07, 6.45) is 1.14. The summed E-state index contributed by atoms with van der Waals surface area (Å²) in [5.74, 6) is 0.723. The van der Waals surface area contributed by atoms with Crippen molar-refractivity contribution in [2.24, 2.45) is 0 Å². The van der Waals surface area contributed by atoms with Gasteiger partial charge in [0, 0.05) is 12.6 Å².